The number of aromatic nitrogens is 2. The number of carbonyl (C=O) groups is 1. The highest BCUT2D eigenvalue weighted by atomic mass is 35.5. The fraction of sp³-hybridized carbons (Fsp3) is 0.292. The molecule has 0 atom stereocenters. The van der Waals surface area contributed by atoms with Crippen molar-refractivity contribution in [2.45, 2.75) is 19.1 Å². The van der Waals surface area contributed by atoms with Gasteiger partial charge in [-0.05, 0) is 80.3 Å². The van der Waals surface area contributed by atoms with Gasteiger partial charge in [0.1, 0.15) is 0 Å². The molecule has 0 fully saturated rings. The van der Waals surface area contributed by atoms with Crippen molar-refractivity contribution >= 4 is 51.4 Å². The van der Waals surface area contributed by atoms with Gasteiger partial charge in [-0.3, -0.25) is 9.48 Å². The molecule has 0 radical (unpaired) electrons. The number of amides is 1. The van der Waals surface area contributed by atoms with E-state index in [-0.39, 0.29) is 23.0 Å². The smallest absolute Gasteiger partial charge is 0.364 e. The van der Waals surface area contributed by atoms with Crippen molar-refractivity contribution in [2.75, 3.05) is 27.2 Å². The van der Waals surface area contributed by atoms with Crippen molar-refractivity contribution in [3.05, 3.63) is 69.2 Å². The molecule has 0 aliphatic carbocycles. The Balaban J connectivity index is 1.48. The van der Waals surface area contributed by atoms with Crippen molar-refractivity contribution in [1.82, 2.24) is 20.0 Å². The molecule has 1 aliphatic rings. The molecule has 3 aromatic rings. The molecule has 2 aromatic carbocycles. The SMILES string of the molecule is CN(C)CCCNC1=NC(=O)C(=Cc2ccc3c(cnn3Cc3ccc(Cl)cc3C(F)(F)F)c2)S1. The van der Waals surface area contributed by atoms with E-state index in [0.717, 1.165) is 36.5 Å². The molecular formula is C24H23ClF3N5OS. The topological polar surface area (TPSA) is 62.5 Å². The van der Waals surface area contributed by atoms with Crippen molar-refractivity contribution in [2.24, 2.45) is 4.99 Å². The maximum atomic E-state index is 13.5. The molecule has 1 N–H and O–H groups in total. The van der Waals surface area contributed by atoms with Crippen LogP contribution in [0.2, 0.25) is 5.02 Å². The van der Waals surface area contributed by atoms with Gasteiger partial charge >= 0.3 is 6.18 Å². The lowest BCUT2D eigenvalue weighted by Gasteiger charge is -2.14. The van der Waals surface area contributed by atoms with Crippen LogP contribution in [-0.2, 0) is 17.5 Å². The van der Waals surface area contributed by atoms with Crippen LogP contribution in [0.1, 0.15) is 23.1 Å². The highest BCUT2D eigenvalue weighted by Crippen LogP contribution is 2.34. The predicted molar refractivity (Wildman–Crippen MR) is 134 cm³/mol. The third-order valence-corrected chi connectivity index (χ3v) is 6.52. The lowest BCUT2D eigenvalue weighted by atomic mass is 10.1. The second kappa shape index (κ2) is 10.4. The minimum atomic E-state index is -4.52. The summed E-state index contributed by atoms with van der Waals surface area (Å²) in [6.07, 6.45) is -0.238. The van der Waals surface area contributed by atoms with Gasteiger partial charge in [0.15, 0.2) is 5.17 Å². The van der Waals surface area contributed by atoms with Gasteiger partial charge in [-0.25, -0.2) is 0 Å². The summed E-state index contributed by atoms with van der Waals surface area (Å²) in [7, 11) is 4.01. The van der Waals surface area contributed by atoms with Crippen LogP contribution >= 0.6 is 23.4 Å². The van der Waals surface area contributed by atoms with E-state index in [2.05, 4.69) is 20.3 Å². The number of nitrogens with one attached hydrogen (secondary N) is 1. The number of benzene rings is 2. The fourth-order valence-electron chi connectivity index (χ4n) is 3.66. The highest BCUT2D eigenvalue weighted by Gasteiger charge is 2.33. The second-order valence-corrected chi connectivity index (χ2v) is 9.80. The third-order valence-electron chi connectivity index (χ3n) is 5.34. The van der Waals surface area contributed by atoms with Crippen molar-refractivity contribution in [1.29, 1.82) is 0 Å². The van der Waals surface area contributed by atoms with Gasteiger partial charge in [-0.1, -0.05) is 23.7 Å². The Bertz CT molecular complexity index is 1320. The van der Waals surface area contributed by atoms with E-state index < -0.39 is 11.7 Å². The summed E-state index contributed by atoms with van der Waals surface area (Å²) < 4.78 is 41.9. The first-order valence-electron chi connectivity index (χ1n) is 10.8. The molecule has 0 spiro atoms. The number of halogens is 4. The summed E-state index contributed by atoms with van der Waals surface area (Å²) in [5.41, 5.74) is 0.756. The van der Waals surface area contributed by atoms with Gasteiger partial charge in [-0.15, -0.1) is 0 Å². The molecule has 0 saturated carbocycles. The predicted octanol–water partition coefficient (Wildman–Crippen LogP) is 5.27. The molecule has 1 amide bonds. The molecule has 4 rings (SSSR count). The standard InChI is InChI=1S/C24H23ClF3N5OS/c1-32(2)9-3-8-29-23-31-22(34)21(35-23)11-15-4-7-20-17(10-15)13-30-33(20)14-16-5-6-18(25)12-19(16)24(26,27)28/h4-7,10-13H,3,8-9,14H2,1-2H3,(H,29,31,34). The van der Waals surface area contributed by atoms with Crippen molar-refractivity contribution in [3.8, 4) is 0 Å². The van der Waals surface area contributed by atoms with Crippen LogP contribution in [0.25, 0.3) is 17.0 Å². The zero-order valence-electron chi connectivity index (χ0n) is 19.1. The zero-order chi connectivity index (χ0) is 25.2. The molecule has 0 saturated heterocycles. The summed E-state index contributed by atoms with van der Waals surface area (Å²) in [5, 5.41) is 8.82. The molecule has 1 aliphatic heterocycles. The number of hydrogen-bond acceptors (Lipinski definition) is 5. The van der Waals surface area contributed by atoms with Crippen LogP contribution in [0.5, 0.6) is 0 Å². The summed E-state index contributed by atoms with van der Waals surface area (Å²) in [6, 6.07) is 9.16. The first kappa shape index (κ1) is 25.3. The quantitative estimate of drug-likeness (QED) is 0.339. The number of amidine groups is 1. The van der Waals surface area contributed by atoms with Crippen molar-refractivity contribution in [3.63, 3.8) is 0 Å². The summed E-state index contributed by atoms with van der Waals surface area (Å²) in [5.74, 6) is -0.302. The number of fused-ring (bicyclic) bond motifs is 1. The molecule has 0 bridgehead atoms. The maximum Gasteiger partial charge on any atom is 0.416 e. The Labute approximate surface area is 209 Å². The summed E-state index contributed by atoms with van der Waals surface area (Å²) in [6.45, 7) is 1.60. The monoisotopic (exact) mass is 521 g/mol. The first-order valence-corrected chi connectivity index (χ1v) is 12.0. The number of hydrogen-bond donors (Lipinski definition) is 1. The number of alkyl halides is 3. The van der Waals surface area contributed by atoms with Gasteiger partial charge in [0.25, 0.3) is 5.91 Å². The normalized spacial score (nSPS) is 15.5. The molecule has 1 aromatic heterocycles. The lowest BCUT2D eigenvalue weighted by Crippen LogP contribution is -2.24. The van der Waals surface area contributed by atoms with Crippen LogP contribution in [0.3, 0.4) is 0 Å². The van der Waals surface area contributed by atoms with Gasteiger partial charge in [-0.2, -0.15) is 23.3 Å². The Morgan fingerprint density at radius 2 is 2.00 bits per heavy atom. The number of aliphatic imine (C=N–C) groups is 1. The fourth-order valence-corrected chi connectivity index (χ4v) is 4.67. The minimum absolute atomic E-state index is 0.0271. The molecule has 11 heteroatoms. The highest BCUT2D eigenvalue weighted by molar-refractivity contribution is 8.18. The maximum absolute atomic E-state index is 13.5. The average molecular weight is 522 g/mol. The van der Waals surface area contributed by atoms with E-state index in [4.69, 9.17) is 11.6 Å². The number of rotatable bonds is 7. The number of thioether (sulfide) groups is 1. The minimum Gasteiger partial charge on any atom is -0.364 e. The summed E-state index contributed by atoms with van der Waals surface area (Å²) >= 11 is 7.07. The van der Waals surface area contributed by atoms with Gasteiger partial charge in [0.05, 0.1) is 28.7 Å². The van der Waals surface area contributed by atoms with E-state index in [0.29, 0.717) is 15.6 Å². The van der Waals surface area contributed by atoms with Crippen LogP contribution in [0.15, 0.2) is 52.5 Å². The molecular weight excluding hydrogens is 499 g/mol. The molecule has 6 nitrogen and oxygen atoms in total. The van der Waals surface area contributed by atoms with Crippen LogP contribution in [-0.4, -0.2) is 52.9 Å². The Morgan fingerprint density at radius 3 is 2.74 bits per heavy atom. The molecule has 0 unspecified atom stereocenters. The third kappa shape index (κ3) is 6.25. The van der Waals surface area contributed by atoms with E-state index >= 15 is 0 Å². The van der Waals surface area contributed by atoms with Gasteiger partial charge in [0, 0.05) is 17.0 Å². The van der Waals surface area contributed by atoms with Crippen molar-refractivity contribution < 1.29 is 18.0 Å². The Hall–Kier alpha value is -2.82. The van der Waals surface area contributed by atoms with Crippen LogP contribution in [0, 0.1) is 0 Å². The lowest BCUT2D eigenvalue weighted by molar-refractivity contribution is -0.138. The van der Waals surface area contributed by atoms with E-state index in [1.54, 1.807) is 24.4 Å². The molecule has 2 heterocycles. The van der Waals surface area contributed by atoms with Gasteiger partial charge < -0.3 is 10.2 Å². The first-order chi connectivity index (χ1) is 16.6. The zero-order valence-corrected chi connectivity index (χ0v) is 20.6. The van der Waals surface area contributed by atoms with E-state index in [1.807, 2.05) is 20.2 Å². The summed E-state index contributed by atoms with van der Waals surface area (Å²) in [4.78, 5) is 18.9. The number of carbonyl (C=O) groups excluding carboxylic acids is 1. The average Bonchev–Trinajstić information content (AvgIpc) is 3.34. The Kier molecular flexibility index (Phi) is 7.53. The Morgan fingerprint density at radius 1 is 1.20 bits per heavy atom. The van der Waals surface area contributed by atoms with Crippen LogP contribution in [0.4, 0.5) is 13.2 Å². The second-order valence-electron chi connectivity index (χ2n) is 8.34. The number of nitrogens with zero attached hydrogens (tertiary/aromatic N) is 4. The van der Waals surface area contributed by atoms with Gasteiger partial charge in [0.2, 0.25) is 0 Å². The van der Waals surface area contributed by atoms with E-state index in [1.165, 1.54) is 28.6 Å². The van der Waals surface area contributed by atoms with E-state index in [9.17, 15) is 18.0 Å². The largest absolute Gasteiger partial charge is 0.416 e. The molecule has 184 valence electrons. The van der Waals surface area contributed by atoms with Crippen LogP contribution < -0.4 is 5.32 Å². The molecule has 35 heavy (non-hydrogen) atoms.